The highest BCUT2D eigenvalue weighted by atomic mass is 19.4. The van der Waals surface area contributed by atoms with Gasteiger partial charge in [-0.15, -0.1) is 0 Å². The third-order valence-corrected chi connectivity index (χ3v) is 4.33. The highest BCUT2D eigenvalue weighted by molar-refractivity contribution is 5.91. The van der Waals surface area contributed by atoms with Gasteiger partial charge in [-0.3, -0.25) is 0 Å². The number of carbonyl (C=O) groups is 2. The number of oxazole rings is 1. The molecule has 0 spiro atoms. The zero-order valence-electron chi connectivity index (χ0n) is 18.5. The highest BCUT2D eigenvalue weighted by Crippen LogP contribution is 2.29. The maximum absolute atomic E-state index is 13.5. The normalized spacial score (nSPS) is 11.5. The Kier molecular flexibility index (Phi) is 7.62. The molecule has 1 heterocycles. The number of urea groups is 1. The van der Waals surface area contributed by atoms with Crippen LogP contribution in [0.3, 0.4) is 0 Å². The number of fused-ring (bicyclic) bond motifs is 1. The summed E-state index contributed by atoms with van der Waals surface area (Å²) >= 11 is 0. The van der Waals surface area contributed by atoms with Crippen LogP contribution in [0.2, 0.25) is 0 Å². The first-order chi connectivity index (χ1) is 16.9. The van der Waals surface area contributed by atoms with E-state index in [0.717, 1.165) is 0 Å². The molecule has 2 aromatic carbocycles. The van der Waals surface area contributed by atoms with Gasteiger partial charge in [0.15, 0.2) is 5.58 Å². The molecule has 9 nitrogen and oxygen atoms in total. The van der Waals surface area contributed by atoms with Gasteiger partial charge in [-0.05, 0) is 42.5 Å². The summed E-state index contributed by atoms with van der Waals surface area (Å²) in [5.74, 6) is -0.536. The smallest absolute Gasteiger partial charge is 0.415 e. The number of hydrogen-bond acceptors (Lipinski definition) is 6. The Balaban J connectivity index is 1.63. The number of alkyl halides is 3. The number of aromatic nitrogens is 1. The number of hydrogen-bond donors (Lipinski definition) is 3. The van der Waals surface area contributed by atoms with Gasteiger partial charge in [-0.25, -0.2) is 19.3 Å². The van der Waals surface area contributed by atoms with E-state index in [-0.39, 0.29) is 11.7 Å². The molecule has 0 radical (unpaired) electrons. The molecule has 0 aliphatic rings. The summed E-state index contributed by atoms with van der Waals surface area (Å²) in [7, 11) is 1.20. The van der Waals surface area contributed by atoms with Gasteiger partial charge in [0.05, 0.1) is 18.4 Å². The van der Waals surface area contributed by atoms with E-state index in [1.165, 1.54) is 37.4 Å². The van der Waals surface area contributed by atoms with Gasteiger partial charge in [0.2, 0.25) is 0 Å². The molecule has 0 saturated carbocycles. The molecule has 3 amide bonds. The third kappa shape index (κ3) is 6.85. The van der Waals surface area contributed by atoms with Crippen LogP contribution in [0.1, 0.15) is 0 Å². The van der Waals surface area contributed by atoms with Crippen LogP contribution in [-0.4, -0.2) is 30.4 Å². The number of rotatable bonds is 7. The summed E-state index contributed by atoms with van der Waals surface area (Å²) in [6, 6.07) is 9.59. The Morgan fingerprint density at radius 2 is 1.72 bits per heavy atom. The molecule has 0 aliphatic carbocycles. The molecule has 0 aliphatic heterocycles. The number of amides is 3. The van der Waals surface area contributed by atoms with Gasteiger partial charge in [0.25, 0.3) is 0 Å². The average Bonchev–Trinajstić information content (AvgIpc) is 3.20. The SMILES string of the molecule is C=C(F)/C(=C\C(=C)C(F)(F)F)NC(=O)Nc1ccc(Oc2ccc3nc(NC(=O)OC)oc3c2)cc1. The molecule has 1 aromatic heterocycles. The molecule has 188 valence electrons. The molecule has 0 fully saturated rings. The summed E-state index contributed by atoms with van der Waals surface area (Å²) in [6.07, 6.45) is -5.21. The molecule has 0 bridgehead atoms. The summed E-state index contributed by atoms with van der Waals surface area (Å²) in [5.41, 5.74) is -1.12. The van der Waals surface area contributed by atoms with Crippen molar-refractivity contribution in [1.82, 2.24) is 10.3 Å². The average molecular weight is 506 g/mol. The number of halogens is 4. The molecule has 3 aromatic rings. The lowest BCUT2D eigenvalue weighted by Crippen LogP contribution is -2.28. The van der Waals surface area contributed by atoms with Crippen LogP contribution in [0.4, 0.5) is 38.9 Å². The topological polar surface area (TPSA) is 115 Å². The van der Waals surface area contributed by atoms with E-state index < -0.39 is 35.4 Å². The van der Waals surface area contributed by atoms with Crippen molar-refractivity contribution < 1.29 is 41.0 Å². The monoisotopic (exact) mass is 506 g/mol. The molecule has 3 N–H and O–H groups in total. The number of nitrogens with one attached hydrogen (secondary N) is 3. The predicted octanol–water partition coefficient (Wildman–Crippen LogP) is 6.41. The van der Waals surface area contributed by atoms with Gasteiger partial charge in [0, 0.05) is 11.8 Å². The van der Waals surface area contributed by atoms with Crippen molar-refractivity contribution in [2.45, 2.75) is 6.18 Å². The van der Waals surface area contributed by atoms with Gasteiger partial charge >= 0.3 is 24.3 Å². The summed E-state index contributed by atoms with van der Waals surface area (Å²) < 4.78 is 66.9. The minimum Gasteiger partial charge on any atom is -0.457 e. The maximum Gasteiger partial charge on any atom is 0.415 e. The first kappa shape index (κ1) is 25.8. The fourth-order valence-corrected chi connectivity index (χ4v) is 2.63. The van der Waals surface area contributed by atoms with E-state index >= 15 is 0 Å². The second kappa shape index (κ2) is 10.6. The van der Waals surface area contributed by atoms with E-state index in [1.807, 2.05) is 5.32 Å². The Morgan fingerprint density at radius 1 is 1.06 bits per heavy atom. The van der Waals surface area contributed by atoms with Crippen molar-refractivity contribution in [3.63, 3.8) is 0 Å². The summed E-state index contributed by atoms with van der Waals surface area (Å²) in [4.78, 5) is 27.4. The lowest BCUT2D eigenvalue weighted by atomic mass is 10.2. The van der Waals surface area contributed by atoms with E-state index in [0.29, 0.717) is 28.7 Å². The van der Waals surface area contributed by atoms with Crippen LogP contribution in [0.25, 0.3) is 11.1 Å². The third-order valence-electron chi connectivity index (χ3n) is 4.33. The molecule has 13 heteroatoms. The summed E-state index contributed by atoms with van der Waals surface area (Å²) in [5, 5.41) is 6.60. The Morgan fingerprint density at radius 3 is 2.33 bits per heavy atom. The van der Waals surface area contributed by atoms with E-state index in [9.17, 15) is 27.2 Å². The van der Waals surface area contributed by atoms with Crippen molar-refractivity contribution in [1.29, 1.82) is 0 Å². The molecular weight excluding hydrogens is 488 g/mol. The molecule has 3 rings (SSSR count). The fraction of sp³-hybridized carbons (Fsp3) is 0.0870. The van der Waals surface area contributed by atoms with E-state index in [1.54, 1.807) is 12.1 Å². The van der Waals surface area contributed by atoms with Gasteiger partial charge in [-0.2, -0.15) is 18.2 Å². The number of nitrogens with zero attached hydrogens (tertiary/aromatic N) is 1. The number of methoxy groups -OCH3 is 1. The van der Waals surface area contributed by atoms with Crippen LogP contribution in [0, 0.1) is 0 Å². The van der Waals surface area contributed by atoms with Gasteiger partial charge < -0.3 is 24.5 Å². The van der Waals surface area contributed by atoms with Gasteiger partial charge in [-0.1, -0.05) is 13.2 Å². The van der Waals surface area contributed by atoms with Crippen molar-refractivity contribution >= 4 is 34.9 Å². The lowest BCUT2D eigenvalue weighted by Gasteiger charge is -2.12. The van der Waals surface area contributed by atoms with Crippen molar-refractivity contribution in [2.24, 2.45) is 0 Å². The largest absolute Gasteiger partial charge is 0.457 e. The van der Waals surface area contributed by atoms with Crippen LogP contribution in [0.15, 0.2) is 83.2 Å². The van der Waals surface area contributed by atoms with E-state index in [2.05, 4.69) is 33.5 Å². The standard InChI is InChI=1S/C23H18F4N4O5/c1-12(23(25,26)27)10-18(13(2)24)29-20(32)28-14-4-6-15(7-5-14)35-16-8-9-17-19(11-16)36-21(30-17)31-22(33)34-3/h4-11H,1-2H2,3H3,(H2,28,29,32)(H,30,31,33)/b18-10+. The Bertz CT molecular complexity index is 1350. The minimum absolute atomic E-state index is 0.0558. The minimum atomic E-state index is -4.80. The van der Waals surface area contributed by atoms with E-state index in [4.69, 9.17) is 9.15 Å². The molecular formula is C23H18F4N4O5. The van der Waals surface area contributed by atoms with Crippen LogP contribution >= 0.6 is 0 Å². The molecule has 36 heavy (non-hydrogen) atoms. The lowest BCUT2D eigenvalue weighted by molar-refractivity contribution is -0.0879. The number of carbonyl (C=O) groups excluding carboxylic acids is 2. The first-order valence-electron chi connectivity index (χ1n) is 9.88. The Hall–Kier alpha value is -4.81. The molecule has 0 saturated heterocycles. The van der Waals surface area contributed by atoms with Crippen LogP contribution < -0.4 is 20.7 Å². The fourth-order valence-electron chi connectivity index (χ4n) is 2.63. The molecule has 0 unspecified atom stereocenters. The number of allylic oxidation sites excluding steroid dienone is 3. The number of anilines is 2. The zero-order chi connectivity index (χ0) is 26.5. The predicted molar refractivity (Wildman–Crippen MR) is 122 cm³/mol. The zero-order valence-corrected chi connectivity index (χ0v) is 18.5. The van der Waals surface area contributed by atoms with Gasteiger partial charge in [0.1, 0.15) is 22.8 Å². The second-order valence-corrected chi connectivity index (χ2v) is 6.96. The maximum atomic E-state index is 13.5. The van der Waals surface area contributed by atoms with Crippen molar-refractivity contribution in [3.8, 4) is 11.5 Å². The number of ether oxygens (including phenoxy) is 2. The quantitative estimate of drug-likeness (QED) is 0.252. The first-order valence-corrected chi connectivity index (χ1v) is 9.88. The van der Waals surface area contributed by atoms with Crippen molar-refractivity contribution in [2.75, 3.05) is 17.7 Å². The molecule has 0 atom stereocenters. The number of benzene rings is 2. The van der Waals surface area contributed by atoms with Crippen molar-refractivity contribution in [3.05, 3.63) is 78.8 Å². The highest BCUT2D eigenvalue weighted by Gasteiger charge is 2.31. The van der Waals surface area contributed by atoms with Crippen LogP contribution in [0.5, 0.6) is 11.5 Å². The summed E-state index contributed by atoms with van der Waals surface area (Å²) in [6.45, 7) is 5.69. The Labute approximate surface area is 201 Å². The van der Waals surface area contributed by atoms with Crippen LogP contribution in [-0.2, 0) is 4.74 Å². The second-order valence-electron chi connectivity index (χ2n) is 6.96.